The third-order valence-electron chi connectivity index (χ3n) is 16.6. The molecule has 14 atom stereocenters. The highest BCUT2D eigenvalue weighted by Gasteiger charge is 2.50. The van der Waals surface area contributed by atoms with Gasteiger partial charge in [0.15, 0.2) is 11.5 Å². The number of amides is 8. The van der Waals surface area contributed by atoms with E-state index in [0.29, 0.717) is 17.7 Å². The molecular weight excluding hydrogens is 1280 g/mol. The van der Waals surface area contributed by atoms with E-state index < -0.39 is 183 Å². The summed E-state index contributed by atoms with van der Waals surface area (Å²) in [7, 11) is 0. The Morgan fingerprint density at radius 2 is 1.33 bits per heavy atom. The Bertz CT molecular complexity index is 3510. The molecule has 96 heavy (non-hydrogen) atoms. The van der Waals surface area contributed by atoms with Crippen molar-refractivity contribution in [3.05, 3.63) is 102 Å². The fraction of sp³-hybridized carbons (Fsp3) is 0.460. The molecule has 8 rings (SSSR count). The molecule has 0 aliphatic carbocycles. The number of aromatic nitrogens is 2. The van der Waals surface area contributed by atoms with Crippen molar-refractivity contribution < 1.29 is 107 Å². The number of β-amino-alcohol motifs (C(OH)–C–C–N with tert-alkyl or cyclic N) is 1. The number of aliphatic hydroxyl groups is 7. The highest BCUT2D eigenvalue weighted by atomic mass is 32.2. The quantitative estimate of drug-likeness (QED) is 0.0174. The molecule has 16 N–H and O–H groups in total. The van der Waals surface area contributed by atoms with Gasteiger partial charge in [0.1, 0.15) is 54.2 Å². The van der Waals surface area contributed by atoms with Crippen LogP contribution in [0.25, 0.3) is 34.0 Å². The number of hydrogen-bond donors (Lipinski definition) is 15. The molecule has 8 amide bonds. The summed E-state index contributed by atoms with van der Waals surface area (Å²) >= 11 is -0.0263. The van der Waals surface area contributed by atoms with Gasteiger partial charge in [0.2, 0.25) is 53.1 Å². The van der Waals surface area contributed by atoms with Crippen molar-refractivity contribution in [1.29, 1.82) is 0 Å². The number of benzene rings is 4. The number of carbonyl (C=O) groups is 8. The Hall–Kier alpha value is -8.87. The Morgan fingerprint density at radius 3 is 1.97 bits per heavy atom. The van der Waals surface area contributed by atoms with Crippen molar-refractivity contribution in [1.82, 2.24) is 46.6 Å². The minimum Gasteiger partial charge on any atom is -0.504 e. The van der Waals surface area contributed by atoms with E-state index in [-0.39, 0.29) is 35.2 Å². The van der Waals surface area contributed by atoms with Crippen LogP contribution in [0.5, 0.6) is 17.2 Å². The van der Waals surface area contributed by atoms with Crippen molar-refractivity contribution >= 4 is 59.6 Å². The van der Waals surface area contributed by atoms with Gasteiger partial charge in [-0.1, -0.05) is 79.2 Å². The van der Waals surface area contributed by atoms with Crippen molar-refractivity contribution in [2.75, 3.05) is 26.2 Å². The van der Waals surface area contributed by atoms with Crippen LogP contribution >= 0.6 is 12.3 Å². The molecule has 0 saturated carbocycles. The normalized spacial score (nSPS) is 24.4. The predicted molar refractivity (Wildman–Crippen MR) is 336 cm³/mol. The lowest BCUT2D eigenvalue weighted by Crippen LogP contribution is -2.64. The molecule has 0 bridgehead atoms. The van der Waals surface area contributed by atoms with Gasteiger partial charge in [-0.05, 0) is 90.7 Å². The molecule has 518 valence electrons. The summed E-state index contributed by atoms with van der Waals surface area (Å²) in [5.41, 5.74) is 7.88. The molecular formula is C63H78N10O22S. The molecule has 33 heteroatoms. The van der Waals surface area contributed by atoms with Gasteiger partial charge >= 0.3 is 0 Å². The average Bonchev–Trinajstić information content (AvgIpc) is 1.59. The van der Waals surface area contributed by atoms with Gasteiger partial charge in [0.05, 0.1) is 43.5 Å². The number of nitrogens with zero attached hydrogens (tertiary/aromatic N) is 4. The second-order valence-electron chi connectivity index (χ2n) is 23.7. The van der Waals surface area contributed by atoms with Gasteiger partial charge < -0.3 is 96.3 Å². The van der Waals surface area contributed by atoms with Gasteiger partial charge in [0, 0.05) is 55.1 Å². The monoisotopic (exact) mass is 1360 g/mol. The van der Waals surface area contributed by atoms with Gasteiger partial charge in [-0.15, -0.1) is 10.2 Å². The molecule has 3 aliphatic rings. The number of phenols is 1. The van der Waals surface area contributed by atoms with Crippen molar-refractivity contribution in [2.45, 2.75) is 151 Å². The average molecular weight is 1360 g/mol. The summed E-state index contributed by atoms with van der Waals surface area (Å²) in [6, 6.07) is 11.5. The summed E-state index contributed by atoms with van der Waals surface area (Å²) in [5.74, 6) is -11.0. The number of aliphatic hydroxyl groups excluding tert-OH is 7. The van der Waals surface area contributed by atoms with E-state index in [1.165, 1.54) is 50.5 Å². The number of fused-ring (bicyclic) bond motifs is 2. The standard InChI is InChI=1S/C63H78N10O22S/c1-4-5-6-7-8-23-91-41-20-17-34(18-21-41)33-9-13-36(14-10-33)60-70-71-61(92-60)37-15-11-35(12-16-37)55(83)66-42-25-39(75)28-65-59(87)51-52(80)31(2)29-73(51)63(89)49(45(78)27-47(64)79)68-58(86)50(54(82)53(81)38-19-22-44(77)46(24-38)93-96-95-94-90)69-57(85)43-26-40(76)30-72(43)62(88)48(32(3)74)67-56(42)84/h9-22,24,31-32,39-40,42-43,45,48-54,74-78,80-82,90H,4-8,23,25-30H2,1-3H3,(H2,64,79)(H,65,87)(H,66,83)(H,67,84)(H,68,86)(H,69,85)/t31?,32?,39?,40?,42-,43?,45?,48?,49?,50?,51?,52?,53?,54?/m0/s1. The lowest BCUT2D eigenvalue weighted by atomic mass is 9.96. The minimum atomic E-state index is -2.54. The Labute approximate surface area is 553 Å². The molecule has 13 unspecified atom stereocenters. The van der Waals surface area contributed by atoms with Crippen LogP contribution in [0, 0.1) is 5.92 Å². The number of rotatable bonds is 23. The second kappa shape index (κ2) is 33.7. The molecule has 3 fully saturated rings. The maximum absolute atomic E-state index is 14.7. The van der Waals surface area contributed by atoms with E-state index in [9.17, 15) is 79.2 Å². The molecule has 0 radical (unpaired) electrons. The zero-order valence-corrected chi connectivity index (χ0v) is 53.2. The summed E-state index contributed by atoms with van der Waals surface area (Å²) in [6.45, 7) is 3.47. The van der Waals surface area contributed by atoms with Gasteiger partial charge in [-0.2, -0.15) is 0 Å². The molecule has 4 aromatic carbocycles. The Morgan fingerprint density at radius 1 is 0.729 bits per heavy atom. The maximum atomic E-state index is 14.7. The van der Waals surface area contributed by atoms with Crippen LogP contribution in [0.4, 0.5) is 0 Å². The Kier molecular flexibility index (Phi) is 25.6. The van der Waals surface area contributed by atoms with Crippen molar-refractivity contribution in [3.8, 4) is 51.3 Å². The predicted octanol–water partition coefficient (Wildman–Crippen LogP) is -0.197. The van der Waals surface area contributed by atoms with E-state index in [1.54, 1.807) is 0 Å². The first-order chi connectivity index (χ1) is 45.9. The number of primary amides is 1. The summed E-state index contributed by atoms with van der Waals surface area (Å²) in [4.78, 5) is 115. The van der Waals surface area contributed by atoms with Crippen LogP contribution in [-0.4, -0.2) is 212 Å². The minimum absolute atomic E-state index is 0.0263. The first kappa shape index (κ1) is 72.9. The van der Waals surface area contributed by atoms with E-state index in [0.717, 1.165) is 64.6 Å². The smallest absolute Gasteiger partial charge is 0.261 e. The van der Waals surface area contributed by atoms with Crippen LogP contribution in [0.15, 0.2) is 95.4 Å². The summed E-state index contributed by atoms with van der Waals surface area (Å²) in [6.07, 6.45) is -10.6. The number of aromatic hydroxyl groups is 1. The first-order valence-electron chi connectivity index (χ1n) is 30.9. The van der Waals surface area contributed by atoms with Crippen molar-refractivity contribution in [2.24, 2.45) is 11.7 Å². The third-order valence-corrected chi connectivity index (χ3v) is 17.0. The summed E-state index contributed by atoms with van der Waals surface area (Å²) in [5, 5.41) is 122. The number of nitrogens with two attached hydrogens (primary N) is 1. The summed E-state index contributed by atoms with van der Waals surface area (Å²) < 4.78 is 21.1. The molecule has 4 heterocycles. The second-order valence-corrected chi connectivity index (χ2v) is 24.1. The number of ether oxygens (including phenoxy) is 1. The number of phenolic OH excluding ortho intramolecular Hbond substituents is 1. The number of hydrogen-bond acceptors (Lipinski definition) is 25. The molecule has 0 spiro atoms. The van der Waals surface area contributed by atoms with Gasteiger partial charge in [-0.3, -0.25) is 38.4 Å². The molecule has 32 nitrogen and oxygen atoms in total. The van der Waals surface area contributed by atoms with Gasteiger partial charge in [0.25, 0.3) is 18.2 Å². The third kappa shape index (κ3) is 18.4. The van der Waals surface area contributed by atoms with Crippen LogP contribution in [-0.2, 0) is 42.9 Å². The largest absolute Gasteiger partial charge is 0.504 e. The number of carbonyl (C=O) groups excluding carboxylic acids is 8. The van der Waals surface area contributed by atoms with Crippen LogP contribution in [0.1, 0.15) is 94.2 Å². The zero-order chi connectivity index (χ0) is 69.5. The van der Waals surface area contributed by atoms with Crippen LogP contribution < -0.4 is 41.2 Å². The Balaban J connectivity index is 1.05. The van der Waals surface area contributed by atoms with E-state index >= 15 is 0 Å². The molecule has 5 aromatic rings. The lowest BCUT2D eigenvalue weighted by Gasteiger charge is -2.34. The maximum Gasteiger partial charge on any atom is 0.261 e. The highest BCUT2D eigenvalue weighted by molar-refractivity contribution is 7.90. The van der Waals surface area contributed by atoms with Gasteiger partial charge in [-0.25, -0.2) is 5.26 Å². The topological polar surface area (TPSA) is 487 Å². The SMILES string of the molecule is CCCCCCCOc1ccc(-c2ccc(-c3nnc(-c4ccc(C(=O)N[C@H]5CC(O)CNC(=O)C6C(O)C(C)CN6C(=O)C(C(O)CC(N)=O)NC(=O)C(C(O)C(O)c6ccc(O)c(OSOOO)c6)NC(=O)C6CC(O)CN6C(=O)C(C(C)O)NC5=O)cc4)o3)cc2)cc1. The van der Waals surface area contributed by atoms with E-state index in [2.05, 4.69) is 53.1 Å². The molecule has 3 aliphatic heterocycles. The zero-order valence-electron chi connectivity index (χ0n) is 52.3. The number of nitrogens with one attached hydrogen (secondary N) is 5. The fourth-order valence-corrected chi connectivity index (χ4v) is 11.6. The fourth-order valence-electron chi connectivity index (χ4n) is 11.3. The van der Waals surface area contributed by atoms with Crippen LogP contribution in [0.2, 0.25) is 0 Å². The lowest BCUT2D eigenvalue weighted by molar-refractivity contribution is -0.433. The van der Waals surface area contributed by atoms with E-state index in [4.69, 9.17) is 24.3 Å². The van der Waals surface area contributed by atoms with Crippen LogP contribution in [0.3, 0.4) is 0 Å². The highest BCUT2D eigenvalue weighted by Crippen LogP contribution is 2.35. The number of unbranched alkanes of at least 4 members (excludes halogenated alkanes) is 4. The molecule has 3 saturated heterocycles. The first-order valence-corrected chi connectivity index (χ1v) is 31.6. The molecule has 1 aromatic heterocycles. The van der Waals surface area contributed by atoms with E-state index in [1.807, 2.05) is 48.5 Å². The van der Waals surface area contributed by atoms with Crippen molar-refractivity contribution in [3.63, 3.8) is 0 Å².